The Morgan fingerprint density at radius 3 is 2.80 bits per heavy atom. The number of nitrogens with zero attached hydrogens (tertiary/aromatic N) is 2. The summed E-state index contributed by atoms with van der Waals surface area (Å²) in [7, 11) is 0. The van der Waals surface area contributed by atoms with Gasteiger partial charge in [0.1, 0.15) is 5.82 Å². The average molecular weight is 293 g/mol. The molecule has 2 unspecified atom stereocenters. The maximum atomic E-state index is 13.0. The maximum absolute atomic E-state index is 13.0. The topological polar surface area (TPSA) is 62.4 Å². The van der Waals surface area contributed by atoms with E-state index in [1.165, 1.54) is 23.5 Å². The lowest BCUT2D eigenvalue weighted by molar-refractivity contribution is 0.173. The Morgan fingerprint density at radius 1 is 1.40 bits per heavy atom. The SMILES string of the molecule is Nc1ncc(CN2CC(O)CC2c2ccc(F)cc2)s1. The molecule has 3 rings (SSSR count). The van der Waals surface area contributed by atoms with Crippen LogP contribution in [0.15, 0.2) is 30.5 Å². The van der Waals surface area contributed by atoms with E-state index in [9.17, 15) is 9.50 Å². The highest BCUT2D eigenvalue weighted by Crippen LogP contribution is 2.34. The van der Waals surface area contributed by atoms with E-state index in [0.29, 0.717) is 24.6 Å². The van der Waals surface area contributed by atoms with Crippen LogP contribution in [0.3, 0.4) is 0 Å². The van der Waals surface area contributed by atoms with Gasteiger partial charge in [-0.2, -0.15) is 0 Å². The largest absolute Gasteiger partial charge is 0.392 e. The number of aliphatic hydroxyl groups is 1. The number of anilines is 1. The zero-order valence-corrected chi connectivity index (χ0v) is 11.7. The Balaban J connectivity index is 1.79. The smallest absolute Gasteiger partial charge is 0.180 e. The number of likely N-dealkylation sites (tertiary alicyclic amines) is 1. The van der Waals surface area contributed by atoms with E-state index >= 15 is 0 Å². The second-order valence-electron chi connectivity index (χ2n) is 5.05. The van der Waals surface area contributed by atoms with Gasteiger partial charge in [-0.3, -0.25) is 4.90 Å². The van der Waals surface area contributed by atoms with E-state index in [-0.39, 0.29) is 18.0 Å². The maximum Gasteiger partial charge on any atom is 0.180 e. The van der Waals surface area contributed by atoms with Crippen molar-refractivity contribution in [1.29, 1.82) is 0 Å². The van der Waals surface area contributed by atoms with E-state index in [1.807, 2.05) is 0 Å². The van der Waals surface area contributed by atoms with Gasteiger partial charge in [0.2, 0.25) is 0 Å². The summed E-state index contributed by atoms with van der Waals surface area (Å²) in [4.78, 5) is 7.30. The van der Waals surface area contributed by atoms with E-state index in [4.69, 9.17) is 5.73 Å². The Bertz CT molecular complexity index is 586. The molecule has 1 aliphatic rings. The quantitative estimate of drug-likeness (QED) is 0.910. The monoisotopic (exact) mass is 293 g/mol. The Kier molecular flexibility index (Phi) is 3.69. The molecule has 1 fully saturated rings. The molecule has 2 heterocycles. The molecule has 1 saturated heterocycles. The molecular formula is C14H16FN3OS. The molecule has 106 valence electrons. The number of halogens is 1. The third-order valence-corrected chi connectivity index (χ3v) is 4.38. The summed E-state index contributed by atoms with van der Waals surface area (Å²) in [5.41, 5.74) is 6.67. The zero-order chi connectivity index (χ0) is 14.1. The van der Waals surface area contributed by atoms with Crippen LogP contribution in [0.25, 0.3) is 0 Å². The van der Waals surface area contributed by atoms with Crippen molar-refractivity contribution in [3.63, 3.8) is 0 Å². The third-order valence-electron chi connectivity index (χ3n) is 3.57. The summed E-state index contributed by atoms with van der Waals surface area (Å²) in [6.45, 7) is 1.31. The highest BCUT2D eigenvalue weighted by Gasteiger charge is 2.32. The number of benzene rings is 1. The van der Waals surface area contributed by atoms with Gasteiger partial charge in [-0.15, -0.1) is 11.3 Å². The van der Waals surface area contributed by atoms with Gasteiger partial charge >= 0.3 is 0 Å². The lowest BCUT2D eigenvalue weighted by Gasteiger charge is -2.23. The highest BCUT2D eigenvalue weighted by atomic mass is 32.1. The Morgan fingerprint density at radius 2 is 2.15 bits per heavy atom. The lowest BCUT2D eigenvalue weighted by Crippen LogP contribution is -2.23. The van der Waals surface area contributed by atoms with Crippen LogP contribution in [0.1, 0.15) is 22.9 Å². The van der Waals surface area contributed by atoms with Gasteiger partial charge in [0.05, 0.1) is 6.10 Å². The van der Waals surface area contributed by atoms with Crippen LogP contribution in [0.4, 0.5) is 9.52 Å². The van der Waals surface area contributed by atoms with Crippen molar-refractivity contribution in [3.05, 3.63) is 46.7 Å². The molecule has 3 N–H and O–H groups in total. The predicted octanol–water partition coefficient (Wildman–Crippen LogP) is 2.17. The minimum absolute atomic E-state index is 0.105. The van der Waals surface area contributed by atoms with Crippen LogP contribution < -0.4 is 5.73 Å². The van der Waals surface area contributed by atoms with Crippen LogP contribution in [0.5, 0.6) is 0 Å². The number of nitrogens with two attached hydrogens (primary N) is 1. The number of hydrogen-bond acceptors (Lipinski definition) is 5. The van der Waals surface area contributed by atoms with Crippen LogP contribution in [0.2, 0.25) is 0 Å². The van der Waals surface area contributed by atoms with Crippen molar-refractivity contribution in [2.24, 2.45) is 0 Å². The fraction of sp³-hybridized carbons (Fsp3) is 0.357. The minimum Gasteiger partial charge on any atom is -0.392 e. The van der Waals surface area contributed by atoms with Crippen molar-refractivity contribution >= 4 is 16.5 Å². The molecule has 4 nitrogen and oxygen atoms in total. The zero-order valence-electron chi connectivity index (χ0n) is 10.9. The molecule has 2 aromatic rings. The summed E-state index contributed by atoms with van der Waals surface area (Å²) in [6, 6.07) is 6.60. The first-order chi connectivity index (χ1) is 9.61. The van der Waals surface area contributed by atoms with Gasteiger partial charge < -0.3 is 10.8 Å². The first-order valence-electron chi connectivity index (χ1n) is 6.49. The molecule has 0 spiro atoms. The lowest BCUT2D eigenvalue weighted by atomic mass is 10.0. The van der Waals surface area contributed by atoms with Crippen molar-refractivity contribution < 1.29 is 9.50 Å². The molecule has 0 aliphatic carbocycles. The molecule has 1 aliphatic heterocycles. The van der Waals surface area contributed by atoms with E-state index < -0.39 is 0 Å². The van der Waals surface area contributed by atoms with Gasteiger partial charge in [-0.25, -0.2) is 9.37 Å². The predicted molar refractivity (Wildman–Crippen MR) is 76.7 cm³/mol. The van der Waals surface area contributed by atoms with Crippen LogP contribution >= 0.6 is 11.3 Å². The fourth-order valence-electron chi connectivity index (χ4n) is 2.68. The summed E-state index contributed by atoms with van der Waals surface area (Å²) in [6.07, 6.45) is 2.09. The number of aromatic nitrogens is 1. The van der Waals surface area contributed by atoms with E-state index in [1.54, 1.807) is 18.3 Å². The summed E-state index contributed by atoms with van der Waals surface area (Å²) < 4.78 is 13.0. The Labute approximate surface area is 120 Å². The molecule has 2 atom stereocenters. The molecule has 0 saturated carbocycles. The van der Waals surface area contributed by atoms with Gasteiger partial charge in [0.15, 0.2) is 5.13 Å². The molecule has 6 heteroatoms. The van der Waals surface area contributed by atoms with Gasteiger partial charge in [0.25, 0.3) is 0 Å². The molecular weight excluding hydrogens is 277 g/mol. The molecule has 1 aromatic carbocycles. The van der Waals surface area contributed by atoms with Crippen molar-refractivity contribution in [2.75, 3.05) is 12.3 Å². The van der Waals surface area contributed by atoms with E-state index in [2.05, 4.69) is 9.88 Å². The molecule has 20 heavy (non-hydrogen) atoms. The molecule has 1 aromatic heterocycles. The molecule has 0 amide bonds. The van der Waals surface area contributed by atoms with Crippen LogP contribution in [0, 0.1) is 5.82 Å². The fourth-order valence-corrected chi connectivity index (χ4v) is 3.39. The van der Waals surface area contributed by atoms with Crippen LogP contribution in [-0.2, 0) is 6.54 Å². The molecule has 0 radical (unpaired) electrons. The number of nitrogen functional groups attached to an aromatic ring is 1. The second kappa shape index (κ2) is 5.47. The van der Waals surface area contributed by atoms with Gasteiger partial charge in [0, 0.05) is 30.2 Å². The number of hydrogen-bond donors (Lipinski definition) is 2. The summed E-state index contributed by atoms with van der Waals surface area (Å²) >= 11 is 1.46. The van der Waals surface area contributed by atoms with E-state index in [0.717, 1.165) is 10.4 Å². The summed E-state index contributed by atoms with van der Waals surface area (Å²) in [5, 5.41) is 10.5. The number of thiazole rings is 1. The van der Waals surface area contributed by atoms with Crippen molar-refractivity contribution in [1.82, 2.24) is 9.88 Å². The highest BCUT2D eigenvalue weighted by molar-refractivity contribution is 7.15. The number of β-amino-alcohol motifs (C(OH)–C–C–N with tert-alkyl or cyclic N) is 1. The first-order valence-corrected chi connectivity index (χ1v) is 7.31. The van der Waals surface area contributed by atoms with Gasteiger partial charge in [-0.05, 0) is 24.1 Å². The number of rotatable bonds is 3. The average Bonchev–Trinajstić information content (AvgIpc) is 2.97. The van der Waals surface area contributed by atoms with Crippen molar-refractivity contribution in [3.8, 4) is 0 Å². The third kappa shape index (κ3) is 2.82. The molecule has 0 bridgehead atoms. The number of aliphatic hydroxyl groups excluding tert-OH is 1. The minimum atomic E-state index is -0.352. The second-order valence-corrected chi connectivity index (χ2v) is 6.20. The summed E-state index contributed by atoms with van der Waals surface area (Å²) in [5.74, 6) is -0.242. The van der Waals surface area contributed by atoms with Crippen molar-refractivity contribution in [2.45, 2.75) is 25.1 Å². The Hall–Kier alpha value is -1.50. The van der Waals surface area contributed by atoms with Gasteiger partial charge in [-0.1, -0.05) is 12.1 Å². The standard InChI is InChI=1S/C14H16FN3OS/c15-10-3-1-9(2-4-10)13-5-11(19)7-18(13)8-12-6-17-14(16)20-12/h1-4,6,11,13,19H,5,7-8H2,(H2,16,17). The first kappa shape index (κ1) is 13.5. The van der Waals surface area contributed by atoms with Crippen LogP contribution in [-0.4, -0.2) is 27.6 Å². The normalized spacial score (nSPS) is 23.3.